The van der Waals surface area contributed by atoms with Crippen molar-refractivity contribution in [2.45, 2.75) is 19.0 Å². The summed E-state index contributed by atoms with van der Waals surface area (Å²) in [4.78, 5) is 32.7. The molecule has 0 bridgehead atoms. The number of rotatable bonds is 5. The molecule has 1 fully saturated rings. The van der Waals surface area contributed by atoms with Crippen LogP contribution in [0.5, 0.6) is 0 Å². The molecule has 1 aliphatic heterocycles. The molecule has 0 unspecified atom stereocenters. The van der Waals surface area contributed by atoms with Gasteiger partial charge in [0.1, 0.15) is 11.5 Å². The lowest BCUT2D eigenvalue weighted by Crippen LogP contribution is -2.45. The molecule has 1 saturated heterocycles. The Balaban J connectivity index is 1.53. The first-order valence-corrected chi connectivity index (χ1v) is 10.4. The van der Waals surface area contributed by atoms with Crippen molar-refractivity contribution in [2.24, 2.45) is 0 Å². The minimum atomic E-state index is -1.29. The van der Waals surface area contributed by atoms with Crippen molar-refractivity contribution in [2.75, 3.05) is 0 Å². The molecular formula is C26H21N3O3. The van der Waals surface area contributed by atoms with Crippen molar-refractivity contribution in [1.29, 1.82) is 0 Å². The lowest BCUT2D eigenvalue weighted by molar-refractivity contribution is -0.130. The highest BCUT2D eigenvalue weighted by molar-refractivity contribution is 6.09. The van der Waals surface area contributed by atoms with E-state index in [-0.39, 0.29) is 12.5 Å². The number of carbonyl (C=O) groups excluding carboxylic acids is 2. The van der Waals surface area contributed by atoms with E-state index in [9.17, 15) is 9.59 Å². The van der Waals surface area contributed by atoms with E-state index in [1.54, 1.807) is 6.92 Å². The fourth-order valence-electron chi connectivity index (χ4n) is 4.08. The number of hydrogen-bond donors (Lipinski definition) is 1. The van der Waals surface area contributed by atoms with Gasteiger partial charge in [0.05, 0.1) is 6.54 Å². The van der Waals surface area contributed by atoms with E-state index in [1.165, 1.54) is 4.90 Å². The van der Waals surface area contributed by atoms with Gasteiger partial charge in [0.15, 0.2) is 5.54 Å². The van der Waals surface area contributed by atoms with Gasteiger partial charge < -0.3 is 9.73 Å². The Morgan fingerprint density at radius 3 is 1.94 bits per heavy atom. The highest BCUT2D eigenvalue weighted by Crippen LogP contribution is 2.37. The summed E-state index contributed by atoms with van der Waals surface area (Å²) in [6, 6.07) is 27.7. The zero-order chi connectivity index (χ0) is 22.1. The highest BCUT2D eigenvalue weighted by atomic mass is 16.4. The molecule has 5 rings (SSSR count). The lowest BCUT2D eigenvalue weighted by atomic mass is 9.82. The fourth-order valence-corrected chi connectivity index (χ4v) is 4.08. The molecule has 2 heterocycles. The van der Waals surface area contributed by atoms with E-state index >= 15 is 0 Å². The normalized spacial score (nSPS) is 15.1. The quantitative estimate of drug-likeness (QED) is 0.474. The van der Waals surface area contributed by atoms with Crippen molar-refractivity contribution < 1.29 is 14.0 Å². The molecule has 158 valence electrons. The van der Waals surface area contributed by atoms with Crippen LogP contribution >= 0.6 is 0 Å². The van der Waals surface area contributed by atoms with Crippen LogP contribution < -0.4 is 5.32 Å². The number of aromatic nitrogens is 1. The number of imide groups is 1. The van der Waals surface area contributed by atoms with Gasteiger partial charge in [0.25, 0.3) is 5.91 Å². The SMILES string of the molecule is Cc1oc(-c2ccccc2)nc1CN1C(=O)NC(c2ccccc2)(c2ccccc2)C1=O. The van der Waals surface area contributed by atoms with Crippen molar-refractivity contribution in [3.8, 4) is 11.5 Å². The summed E-state index contributed by atoms with van der Waals surface area (Å²) in [6.07, 6.45) is 0. The summed E-state index contributed by atoms with van der Waals surface area (Å²) in [6.45, 7) is 1.81. The molecule has 0 aliphatic carbocycles. The number of nitrogens with one attached hydrogen (secondary N) is 1. The third kappa shape index (κ3) is 3.17. The van der Waals surface area contributed by atoms with Crippen LogP contribution in [0.15, 0.2) is 95.4 Å². The molecule has 0 spiro atoms. The van der Waals surface area contributed by atoms with Gasteiger partial charge in [0.2, 0.25) is 5.89 Å². The number of urea groups is 1. The maximum atomic E-state index is 13.8. The Morgan fingerprint density at radius 1 is 0.844 bits per heavy atom. The molecule has 1 aromatic heterocycles. The van der Waals surface area contributed by atoms with Gasteiger partial charge in [0, 0.05) is 5.56 Å². The molecule has 0 saturated carbocycles. The van der Waals surface area contributed by atoms with Gasteiger partial charge in [-0.3, -0.25) is 9.69 Å². The number of amides is 3. The Hall–Kier alpha value is -4.19. The smallest absolute Gasteiger partial charge is 0.325 e. The van der Waals surface area contributed by atoms with Gasteiger partial charge in [-0.05, 0) is 30.2 Å². The number of hydrogen-bond acceptors (Lipinski definition) is 4. The Labute approximate surface area is 185 Å². The van der Waals surface area contributed by atoms with E-state index < -0.39 is 11.6 Å². The van der Waals surface area contributed by atoms with Crippen molar-refractivity contribution in [3.05, 3.63) is 114 Å². The first-order chi connectivity index (χ1) is 15.6. The van der Waals surface area contributed by atoms with Gasteiger partial charge in [-0.25, -0.2) is 9.78 Å². The minimum Gasteiger partial charge on any atom is -0.441 e. The van der Waals surface area contributed by atoms with E-state index in [4.69, 9.17) is 4.42 Å². The second-order valence-corrected chi connectivity index (χ2v) is 7.69. The Kier molecular flexibility index (Phi) is 4.82. The van der Waals surface area contributed by atoms with Crippen LogP contribution in [0.4, 0.5) is 4.79 Å². The molecule has 3 aromatic carbocycles. The largest absolute Gasteiger partial charge is 0.441 e. The van der Waals surface area contributed by atoms with E-state index in [1.807, 2.05) is 91.0 Å². The predicted octanol–water partition coefficient (Wildman–Crippen LogP) is 4.65. The lowest BCUT2D eigenvalue weighted by Gasteiger charge is -2.28. The molecule has 32 heavy (non-hydrogen) atoms. The molecule has 1 aliphatic rings. The summed E-state index contributed by atoms with van der Waals surface area (Å²) >= 11 is 0. The number of carbonyl (C=O) groups is 2. The van der Waals surface area contributed by atoms with E-state index in [0.29, 0.717) is 28.5 Å². The molecule has 0 atom stereocenters. The van der Waals surface area contributed by atoms with Crippen LogP contribution in [0.25, 0.3) is 11.5 Å². The zero-order valence-corrected chi connectivity index (χ0v) is 17.5. The van der Waals surface area contributed by atoms with Gasteiger partial charge in [-0.2, -0.15) is 0 Å². The first-order valence-electron chi connectivity index (χ1n) is 10.4. The second-order valence-electron chi connectivity index (χ2n) is 7.69. The summed E-state index contributed by atoms with van der Waals surface area (Å²) in [5, 5.41) is 2.96. The topological polar surface area (TPSA) is 75.4 Å². The van der Waals surface area contributed by atoms with Crippen molar-refractivity contribution >= 4 is 11.9 Å². The van der Waals surface area contributed by atoms with Crippen LogP contribution in [0.2, 0.25) is 0 Å². The Morgan fingerprint density at radius 2 is 1.38 bits per heavy atom. The minimum absolute atomic E-state index is 0.0221. The maximum absolute atomic E-state index is 13.8. The third-order valence-corrected chi connectivity index (χ3v) is 5.74. The van der Waals surface area contributed by atoms with Gasteiger partial charge in [-0.1, -0.05) is 78.9 Å². The van der Waals surface area contributed by atoms with Crippen LogP contribution in [0, 0.1) is 6.92 Å². The van der Waals surface area contributed by atoms with Crippen LogP contribution in [-0.4, -0.2) is 21.8 Å². The molecule has 0 radical (unpaired) electrons. The molecule has 6 heteroatoms. The van der Waals surface area contributed by atoms with Crippen molar-refractivity contribution in [1.82, 2.24) is 15.2 Å². The predicted molar refractivity (Wildman–Crippen MR) is 119 cm³/mol. The van der Waals surface area contributed by atoms with Gasteiger partial charge >= 0.3 is 6.03 Å². The maximum Gasteiger partial charge on any atom is 0.325 e. The number of oxazole rings is 1. The monoisotopic (exact) mass is 423 g/mol. The van der Waals surface area contributed by atoms with Crippen LogP contribution in [-0.2, 0) is 16.9 Å². The van der Waals surface area contributed by atoms with Gasteiger partial charge in [-0.15, -0.1) is 0 Å². The standard InChI is InChI=1S/C26H21N3O3/c1-18-22(27-23(32-18)19-11-5-2-6-12-19)17-29-24(30)26(28-25(29)31,20-13-7-3-8-14-20)21-15-9-4-10-16-21/h2-16H,17H2,1H3,(H,28,31). The first kappa shape index (κ1) is 19.8. The Bertz CT molecular complexity index is 1230. The number of nitrogens with zero attached hydrogens (tertiary/aromatic N) is 2. The summed E-state index contributed by atoms with van der Waals surface area (Å²) in [5.41, 5.74) is 1.49. The van der Waals surface area contributed by atoms with E-state index in [2.05, 4.69) is 10.3 Å². The molecule has 3 amide bonds. The molecule has 1 N–H and O–H groups in total. The molecule has 6 nitrogen and oxygen atoms in total. The average molecular weight is 423 g/mol. The molecular weight excluding hydrogens is 402 g/mol. The van der Waals surface area contributed by atoms with Crippen molar-refractivity contribution in [3.63, 3.8) is 0 Å². The fraction of sp³-hybridized carbons (Fsp3) is 0.115. The number of aryl methyl sites for hydroxylation is 1. The third-order valence-electron chi connectivity index (χ3n) is 5.74. The highest BCUT2D eigenvalue weighted by Gasteiger charge is 2.53. The van der Waals surface area contributed by atoms with E-state index in [0.717, 1.165) is 5.56 Å². The molecule has 4 aromatic rings. The van der Waals surface area contributed by atoms with Crippen LogP contribution in [0.3, 0.4) is 0 Å². The second kappa shape index (κ2) is 7.81. The average Bonchev–Trinajstić information content (AvgIpc) is 3.33. The van der Waals surface area contributed by atoms with Crippen LogP contribution in [0.1, 0.15) is 22.6 Å². The summed E-state index contributed by atoms with van der Waals surface area (Å²) in [7, 11) is 0. The number of benzene rings is 3. The summed E-state index contributed by atoms with van der Waals surface area (Å²) < 4.78 is 5.82. The zero-order valence-electron chi connectivity index (χ0n) is 17.5. The summed E-state index contributed by atoms with van der Waals surface area (Å²) in [5.74, 6) is 0.687.